The van der Waals surface area contributed by atoms with Crippen LogP contribution in [0.25, 0.3) is 5.57 Å². The van der Waals surface area contributed by atoms with Gasteiger partial charge in [-0.2, -0.15) is 5.26 Å². The van der Waals surface area contributed by atoms with Crippen molar-refractivity contribution < 1.29 is 17.2 Å². The number of sulfonamides is 1. The fourth-order valence-corrected chi connectivity index (χ4v) is 3.90. The molecular formula is C17H12F2N2O2S. The quantitative estimate of drug-likeness (QED) is 0.924. The molecule has 24 heavy (non-hydrogen) atoms. The molecular weight excluding hydrogens is 334 g/mol. The summed E-state index contributed by atoms with van der Waals surface area (Å²) in [5.74, 6) is -2.02. The van der Waals surface area contributed by atoms with E-state index in [9.17, 15) is 17.2 Å². The highest BCUT2D eigenvalue weighted by Crippen LogP contribution is 2.36. The summed E-state index contributed by atoms with van der Waals surface area (Å²) in [5, 5.41) is 9.16. The van der Waals surface area contributed by atoms with Crippen molar-refractivity contribution in [2.24, 2.45) is 0 Å². The lowest BCUT2D eigenvalue weighted by molar-refractivity contribution is 0.551. The first-order chi connectivity index (χ1) is 11.3. The summed E-state index contributed by atoms with van der Waals surface area (Å²) in [7, 11) is -4.22. The Morgan fingerprint density at radius 3 is 2.62 bits per heavy atom. The molecule has 0 aliphatic heterocycles. The maximum atomic E-state index is 13.8. The van der Waals surface area contributed by atoms with Crippen molar-refractivity contribution in [1.82, 2.24) is 0 Å². The van der Waals surface area contributed by atoms with E-state index in [0.29, 0.717) is 29.2 Å². The molecule has 7 heteroatoms. The van der Waals surface area contributed by atoms with Crippen LogP contribution in [0.1, 0.15) is 16.7 Å². The minimum Gasteiger partial charge on any atom is -0.279 e. The van der Waals surface area contributed by atoms with Gasteiger partial charge in [-0.3, -0.25) is 4.72 Å². The maximum Gasteiger partial charge on any atom is 0.264 e. The van der Waals surface area contributed by atoms with E-state index in [0.717, 1.165) is 17.7 Å². The lowest BCUT2D eigenvalue weighted by Gasteiger charge is -2.14. The lowest BCUT2D eigenvalue weighted by Crippen LogP contribution is -2.16. The summed E-state index contributed by atoms with van der Waals surface area (Å²) < 4.78 is 53.9. The highest BCUT2D eigenvalue weighted by atomic mass is 32.2. The van der Waals surface area contributed by atoms with Crippen LogP contribution in [0.2, 0.25) is 0 Å². The topological polar surface area (TPSA) is 70.0 Å². The second-order valence-corrected chi connectivity index (χ2v) is 7.05. The highest BCUT2D eigenvalue weighted by molar-refractivity contribution is 7.92. The number of hydrogen-bond donors (Lipinski definition) is 1. The van der Waals surface area contributed by atoms with Crippen LogP contribution in [0, 0.1) is 29.9 Å². The predicted molar refractivity (Wildman–Crippen MR) is 85.6 cm³/mol. The van der Waals surface area contributed by atoms with Crippen molar-refractivity contribution in [2.75, 3.05) is 4.72 Å². The Bertz CT molecular complexity index is 1020. The number of halogens is 2. The fraction of sp³-hybridized carbons (Fsp3) is 0.118. The molecule has 4 nitrogen and oxygen atoms in total. The Balaban J connectivity index is 2.04. The number of hydrogen-bond acceptors (Lipinski definition) is 3. The number of nitriles is 1. The van der Waals surface area contributed by atoms with Crippen LogP contribution >= 0.6 is 0 Å². The van der Waals surface area contributed by atoms with Gasteiger partial charge in [0.25, 0.3) is 10.0 Å². The average Bonchev–Trinajstić information content (AvgIpc) is 2.94. The molecule has 0 radical (unpaired) electrons. The summed E-state index contributed by atoms with van der Waals surface area (Å²) in [6, 6.07) is 7.61. The van der Waals surface area contributed by atoms with E-state index in [-0.39, 0.29) is 5.69 Å². The summed E-state index contributed by atoms with van der Waals surface area (Å²) in [5.41, 5.74) is 2.97. The fourth-order valence-electron chi connectivity index (χ4n) is 2.75. The molecule has 122 valence electrons. The Hall–Kier alpha value is -2.72. The molecule has 0 saturated heterocycles. The predicted octanol–water partition coefficient (Wildman–Crippen LogP) is 3.54. The van der Waals surface area contributed by atoms with Gasteiger partial charge in [0.15, 0.2) is 0 Å². The molecule has 0 amide bonds. The number of rotatable bonds is 3. The first-order valence-corrected chi connectivity index (χ1v) is 8.53. The van der Waals surface area contributed by atoms with Gasteiger partial charge in [0.2, 0.25) is 0 Å². The van der Waals surface area contributed by atoms with E-state index in [1.54, 1.807) is 18.2 Å². The number of nitrogens with one attached hydrogen (secondary N) is 1. The first-order valence-electron chi connectivity index (χ1n) is 7.04. The molecule has 1 N–H and O–H groups in total. The van der Waals surface area contributed by atoms with E-state index in [4.69, 9.17) is 5.26 Å². The Morgan fingerprint density at radius 1 is 1.21 bits per heavy atom. The van der Waals surface area contributed by atoms with Crippen molar-refractivity contribution in [3.63, 3.8) is 0 Å². The van der Waals surface area contributed by atoms with Gasteiger partial charge in [-0.05, 0) is 42.7 Å². The van der Waals surface area contributed by atoms with Gasteiger partial charge < -0.3 is 0 Å². The van der Waals surface area contributed by atoms with Crippen LogP contribution in [0.4, 0.5) is 14.5 Å². The van der Waals surface area contributed by atoms with E-state index in [1.807, 2.05) is 6.92 Å². The Labute approximate surface area is 138 Å². The van der Waals surface area contributed by atoms with Gasteiger partial charge in [0, 0.05) is 11.6 Å². The number of benzene rings is 2. The van der Waals surface area contributed by atoms with Crippen molar-refractivity contribution in [2.45, 2.75) is 18.2 Å². The smallest absolute Gasteiger partial charge is 0.264 e. The normalized spacial score (nSPS) is 13.2. The standard InChI is InChI=1S/C17H12F2N2O2S/c1-10-2-6-15(13-5-3-11(9-20)17(10)13)21-24(22,23)16-7-4-12(18)8-14(16)19/h2-4,6-8,21H,5H2,1H3. The SMILES string of the molecule is Cc1ccc(NS(=O)(=O)c2ccc(F)cc2F)c2c1C(C#N)=CC2. The number of allylic oxidation sites excluding steroid dienone is 2. The van der Waals surface area contributed by atoms with Crippen molar-refractivity contribution in [3.8, 4) is 6.07 Å². The molecule has 0 unspecified atom stereocenters. The van der Waals surface area contributed by atoms with Crippen molar-refractivity contribution in [3.05, 3.63) is 64.7 Å². The molecule has 1 aliphatic rings. The first kappa shape index (κ1) is 16.1. The minimum absolute atomic E-state index is 0.279. The highest BCUT2D eigenvalue weighted by Gasteiger charge is 2.24. The van der Waals surface area contributed by atoms with E-state index in [1.165, 1.54) is 0 Å². The van der Waals surface area contributed by atoms with Gasteiger partial charge in [0.1, 0.15) is 16.5 Å². The number of fused-ring (bicyclic) bond motifs is 1. The average molecular weight is 346 g/mol. The summed E-state index contributed by atoms with van der Waals surface area (Å²) in [6.45, 7) is 1.83. The third kappa shape index (κ3) is 2.65. The summed E-state index contributed by atoms with van der Waals surface area (Å²) >= 11 is 0. The van der Waals surface area contributed by atoms with E-state index in [2.05, 4.69) is 10.8 Å². The maximum absolute atomic E-state index is 13.8. The molecule has 0 aromatic heterocycles. The van der Waals surface area contributed by atoms with Crippen LogP contribution in [0.15, 0.2) is 41.3 Å². The zero-order valence-electron chi connectivity index (χ0n) is 12.6. The van der Waals surface area contributed by atoms with Crippen LogP contribution < -0.4 is 4.72 Å². The van der Waals surface area contributed by atoms with Crippen LogP contribution in [0.3, 0.4) is 0 Å². The number of aryl methyl sites for hydroxylation is 1. The Morgan fingerprint density at radius 2 is 1.96 bits per heavy atom. The van der Waals surface area contributed by atoms with Crippen LogP contribution in [-0.2, 0) is 16.4 Å². The van der Waals surface area contributed by atoms with E-state index >= 15 is 0 Å². The summed E-state index contributed by atoms with van der Waals surface area (Å²) in [4.78, 5) is -0.635. The van der Waals surface area contributed by atoms with Gasteiger partial charge in [-0.1, -0.05) is 12.1 Å². The van der Waals surface area contributed by atoms with Gasteiger partial charge in [-0.15, -0.1) is 0 Å². The number of anilines is 1. The largest absolute Gasteiger partial charge is 0.279 e. The summed E-state index contributed by atoms with van der Waals surface area (Å²) in [6.07, 6.45) is 2.12. The lowest BCUT2D eigenvalue weighted by atomic mass is 9.99. The van der Waals surface area contributed by atoms with E-state index < -0.39 is 26.6 Å². The van der Waals surface area contributed by atoms with Crippen LogP contribution in [0.5, 0.6) is 0 Å². The molecule has 0 bridgehead atoms. The zero-order valence-corrected chi connectivity index (χ0v) is 13.4. The molecule has 0 heterocycles. The minimum atomic E-state index is -4.22. The van der Waals surface area contributed by atoms with Crippen molar-refractivity contribution >= 4 is 21.3 Å². The monoisotopic (exact) mass is 346 g/mol. The van der Waals surface area contributed by atoms with Crippen LogP contribution in [-0.4, -0.2) is 8.42 Å². The molecule has 0 atom stereocenters. The van der Waals surface area contributed by atoms with Gasteiger partial charge in [-0.25, -0.2) is 17.2 Å². The molecule has 2 aromatic carbocycles. The van der Waals surface area contributed by atoms with Crippen molar-refractivity contribution in [1.29, 1.82) is 5.26 Å². The Kier molecular flexibility index (Phi) is 3.85. The molecule has 3 rings (SSSR count). The molecule has 0 fully saturated rings. The van der Waals surface area contributed by atoms with Gasteiger partial charge >= 0.3 is 0 Å². The number of nitrogens with zero attached hydrogens (tertiary/aromatic N) is 1. The third-order valence-corrected chi connectivity index (χ3v) is 5.25. The zero-order chi connectivity index (χ0) is 17.5. The molecule has 2 aromatic rings. The molecule has 0 spiro atoms. The molecule has 1 aliphatic carbocycles. The second-order valence-electron chi connectivity index (χ2n) is 5.40. The molecule has 0 saturated carbocycles. The second kappa shape index (κ2) is 5.73. The van der Waals surface area contributed by atoms with Gasteiger partial charge in [0.05, 0.1) is 17.3 Å². The third-order valence-electron chi connectivity index (χ3n) is 3.85.